The van der Waals surface area contributed by atoms with Crippen LogP contribution in [0, 0.1) is 0 Å². The molecule has 5 heteroatoms. The van der Waals surface area contributed by atoms with E-state index < -0.39 is 0 Å². The van der Waals surface area contributed by atoms with Gasteiger partial charge in [-0.05, 0) is 6.42 Å². The highest BCUT2D eigenvalue weighted by atomic mass is 16.1. The molecule has 1 N–H and O–H groups in total. The number of nitrogens with zero attached hydrogens (tertiary/aromatic N) is 3. The number of rotatable bonds is 4. The van der Waals surface area contributed by atoms with Crippen LogP contribution in [0.2, 0.25) is 0 Å². The van der Waals surface area contributed by atoms with Crippen LogP contribution >= 0.6 is 0 Å². The number of carbonyl (C=O) groups excluding carboxylic acids is 1. The first kappa shape index (κ1) is 11.8. The first-order chi connectivity index (χ1) is 8.29. The lowest BCUT2D eigenvalue weighted by atomic mass is 10.1. The van der Waals surface area contributed by atoms with Crippen molar-refractivity contribution >= 4 is 17.4 Å². The van der Waals surface area contributed by atoms with Crippen molar-refractivity contribution in [3.63, 3.8) is 0 Å². The van der Waals surface area contributed by atoms with Crippen molar-refractivity contribution < 1.29 is 4.79 Å². The van der Waals surface area contributed by atoms with Gasteiger partial charge in [-0.15, -0.1) is 0 Å². The average molecular weight is 234 g/mol. The number of carbonyl (C=O) groups is 1. The van der Waals surface area contributed by atoms with Crippen LogP contribution in [0.15, 0.2) is 12.4 Å². The van der Waals surface area contributed by atoms with E-state index in [1.54, 1.807) is 6.33 Å². The molecule has 0 saturated carbocycles. The third-order valence-corrected chi connectivity index (χ3v) is 2.85. The summed E-state index contributed by atoms with van der Waals surface area (Å²) in [6.45, 7) is 4.56. The molecule has 5 nitrogen and oxygen atoms in total. The Morgan fingerprint density at radius 2 is 2.12 bits per heavy atom. The second-order valence-corrected chi connectivity index (χ2v) is 4.21. The number of hydrogen-bond donors (Lipinski definition) is 1. The maximum absolute atomic E-state index is 11.2. The van der Waals surface area contributed by atoms with E-state index in [9.17, 15) is 4.79 Å². The maximum atomic E-state index is 11.2. The molecule has 0 spiro atoms. The molecule has 0 aromatic carbocycles. The monoisotopic (exact) mass is 234 g/mol. The summed E-state index contributed by atoms with van der Waals surface area (Å²) in [5.74, 6) is 2.11. The Bertz CT molecular complexity index is 384. The van der Waals surface area contributed by atoms with Crippen molar-refractivity contribution in [1.29, 1.82) is 0 Å². The summed E-state index contributed by atoms with van der Waals surface area (Å²) in [5.41, 5.74) is 0. The number of hydrogen-bond acceptors (Lipinski definition) is 5. The minimum atomic E-state index is 0.347. The number of piperidine rings is 1. The second kappa shape index (κ2) is 5.61. The first-order valence-corrected chi connectivity index (χ1v) is 6.12. The summed E-state index contributed by atoms with van der Waals surface area (Å²) in [6, 6.07) is 1.95. The predicted octanol–water partition coefficient (Wildman–Crippen LogP) is 1.47. The van der Waals surface area contributed by atoms with Gasteiger partial charge in [-0.1, -0.05) is 6.92 Å². The maximum Gasteiger partial charge on any atom is 0.136 e. The van der Waals surface area contributed by atoms with Crippen LogP contribution in [0.25, 0.3) is 0 Å². The van der Waals surface area contributed by atoms with E-state index in [-0.39, 0.29) is 0 Å². The SMILES string of the molecule is CCCNc1cc(N2CCC(=O)CC2)ncn1. The molecule has 17 heavy (non-hydrogen) atoms. The van der Waals surface area contributed by atoms with Gasteiger partial charge in [-0.25, -0.2) is 9.97 Å². The highest BCUT2D eigenvalue weighted by Gasteiger charge is 2.17. The van der Waals surface area contributed by atoms with E-state index >= 15 is 0 Å². The molecule has 0 radical (unpaired) electrons. The Morgan fingerprint density at radius 3 is 2.82 bits per heavy atom. The first-order valence-electron chi connectivity index (χ1n) is 6.12. The van der Waals surface area contributed by atoms with Gasteiger partial charge in [0.15, 0.2) is 0 Å². The summed E-state index contributed by atoms with van der Waals surface area (Å²) in [5, 5.41) is 3.24. The molecule has 1 aromatic rings. The van der Waals surface area contributed by atoms with E-state index in [2.05, 4.69) is 27.1 Å². The zero-order chi connectivity index (χ0) is 12.1. The van der Waals surface area contributed by atoms with Gasteiger partial charge < -0.3 is 10.2 Å². The zero-order valence-electron chi connectivity index (χ0n) is 10.1. The van der Waals surface area contributed by atoms with Crippen molar-refractivity contribution in [2.45, 2.75) is 26.2 Å². The van der Waals surface area contributed by atoms with Gasteiger partial charge in [-0.2, -0.15) is 0 Å². The molecule has 1 aliphatic heterocycles. The lowest BCUT2D eigenvalue weighted by Crippen LogP contribution is -2.34. The van der Waals surface area contributed by atoms with Crippen molar-refractivity contribution in [1.82, 2.24) is 9.97 Å². The summed E-state index contributed by atoms with van der Waals surface area (Å²) >= 11 is 0. The Balaban J connectivity index is 2.02. The van der Waals surface area contributed by atoms with Crippen molar-refractivity contribution in [3.8, 4) is 0 Å². The highest BCUT2D eigenvalue weighted by molar-refractivity contribution is 5.80. The van der Waals surface area contributed by atoms with Gasteiger partial charge in [0.2, 0.25) is 0 Å². The van der Waals surface area contributed by atoms with Crippen LogP contribution in [-0.4, -0.2) is 35.4 Å². The number of aromatic nitrogens is 2. The molecule has 1 aliphatic rings. The van der Waals surface area contributed by atoms with E-state index in [1.165, 1.54) is 0 Å². The lowest BCUT2D eigenvalue weighted by Gasteiger charge is -2.27. The smallest absolute Gasteiger partial charge is 0.136 e. The summed E-state index contributed by atoms with van der Waals surface area (Å²) in [4.78, 5) is 21.7. The molecule has 0 atom stereocenters. The van der Waals surface area contributed by atoms with Crippen molar-refractivity contribution in [3.05, 3.63) is 12.4 Å². The van der Waals surface area contributed by atoms with Gasteiger partial charge in [0, 0.05) is 38.5 Å². The second-order valence-electron chi connectivity index (χ2n) is 4.21. The molecule has 2 rings (SSSR count). The summed E-state index contributed by atoms with van der Waals surface area (Å²) < 4.78 is 0. The predicted molar refractivity (Wildman–Crippen MR) is 67.3 cm³/mol. The molecule has 1 fully saturated rings. The van der Waals surface area contributed by atoms with E-state index in [1.807, 2.05) is 6.07 Å². The molecule has 2 heterocycles. The standard InChI is InChI=1S/C12H18N4O/c1-2-5-13-11-8-12(15-9-14-11)16-6-3-10(17)4-7-16/h8-9H,2-7H2,1H3,(H,13,14,15). The van der Waals surface area contributed by atoms with Crippen molar-refractivity contribution in [2.75, 3.05) is 29.9 Å². The number of ketones is 1. The lowest BCUT2D eigenvalue weighted by molar-refractivity contribution is -0.119. The van der Waals surface area contributed by atoms with Gasteiger partial charge in [0.05, 0.1) is 0 Å². The van der Waals surface area contributed by atoms with E-state index in [4.69, 9.17) is 0 Å². The van der Waals surface area contributed by atoms with Crippen LogP contribution in [0.1, 0.15) is 26.2 Å². The third-order valence-electron chi connectivity index (χ3n) is 2.85. The summed E-state index contributed by atoms with van der Waals surface area (Å²) in [6.07, 6.45) is 3.89. The normalized spacial score (nSPS) is 16.1. The average Bonchev–Trinajstić information content (AvgIpc) is 2.37. The minimum Gasteiger partial charge on any atom is -0.370 e. The Hall–Kier alpha value is -1.65. The minimum absolute atomic E-state index is 0.347. The molecular formula is C12H18N4O. The van der Waals surface area contributed by atoms with Crippen LogP contribution < -0.4 is 10.2 Å². The van der Waals surface area contributed by atoms with Gasteiger partial charge >= 0.3 is 0 Å². The Morgan fingerprint density at radius 1 is 1.35 bits per heavy atom. The van der Waals surface area contributed by atoms with E-state index in [0.29, 0.717) is 18.6 Å². The fourth-order valence-corrected chi connectivity index (χ4v) is 1.85. The molecule has 0 amide bonds. The quantitative estimate of drug-likeness (QED) is 0.855. The number of Topliss-reactive ketones (excluding diaryl/α,β-unsaturated/α-hetero) is 1. The van der Waals surface area contributed by atoms with E-state index in [0.717, 1.165) is 37.7 Å². The zero-order valence-corrected chi connectivity index (χ0v) is 10.1. The molecule has 1 aromatic heterocycles. The third kappa shape index (κ3) is 3.15. The number of anilines is 2. The van der Waals surface area contributed by atoms with Crippen LogP contribution in [0.5, 0.6) is 0 Å². The Labute approximate surface area is 101 Å². The molecule has 92 valence electrons. The summed E-state index contributed by atoms with van der Waals surface area (Å²) in [7, 11) is 0. The van der Waals surface area contributed by atoms with Crippen LogP contribution in [0.4, 0.5) is 11.6 Å². The number of nitrogens with one attached hydrogen (secondary N) is 1. The van der Waals surface area contributed by atoms with Gasteiger partial charge in [-0.3, -0.25) is 4.79 Å². The molecule has 1 saturated heterocycles. The molecule has 0 aliphatic carbocycles. The fraction of sp³-hybridized carbons (Fsp3) is 0.583. The van der Waals surface area contributed by atoms with Crippen LogP contribution in [0.3, 0.4) is 0 Å². The van der Waals surface area contributed by atoms with Crippen LogP contribution in [-0.2, 0) is 4.79 Å². The Kier molecular flexibility index (Phi) is 3.90. The molecular weight excluding hydrogens is 216 g/mol. The van der Waals surface area contributed by atoms with Gasteiger partial charge in [0.1, 0.15) is 23.7 Å². The van der Waals surface area contributed by atoms with Gasteiger partial charge in [0.25, 0.3) is 0 Å². The van der Waals surface area contributed by atoms with Crippen molar-refractivity contribution in [2.24, 2.45) is 0 Å². The molecule has 0 unspecified atom stereocenters. The largest absolute Gasteiger partial charge is 0.370 e. The topological polar surface area (TPSA) is 58.1 Å². The fourth-order valence-electron chi connectivity index (χ4n) is 1.85. The molecule has 0 bridgehead atoms. The highest BCUT2D eigenvalue weighted by Crippen LogP contribution is 2.17.